The molecule has 0 saturated carbocycles. The van der Waals surface area contributed by atoms with Crippen molar-refractivity contribution >= 4 is 29.5 Å². The van der Waals surface area contributed by atoms with E-state index in [1.54, 1.807) is 0 Å². The van der Waals surface area contributed by atoms with E-state index in [4.69, 9.17) is 34.5 Å². The monoisotopic (exact) mass is 642 g/mol. The first kappa shape index (κ1) is 35.0. The molecule has 1 aromatic carbocycles. The van der Waals surface area contributed by atoms with Gasteiger partial charge in [-0.05, 0) is 89.3 Å². The second kappa shape index (κ2) is 14.7. The van der Waals surface area contributed by atoms with Crippen molar-refractivity contribution < 1.29 is 35.1 Å². The Balaban J connectivity index is 0.000000628. The van der Waals surface area contributed by atoms with Crippen molar-refractivity contribution in [1.29, 1.82) is 0 Å². The van der Waals surface area contributed by atoms with Crippen LogP contribution in [-0.4, -0.2) is 112 Å². The fraction of sp³-hybridized carbons (Fsp3) is 0.636. The number of phenolic OH excluding ortho intramolecular Hbond substituents is 1. The second-order valence-electron chi connectivity index (χ2n) is 13.0. The predicted molar refractivity (Wildman–Crippen MR) is 177 cm³/mol. The summed E-state index contributed by atoms with van der Waals surface area (Å²) in [5.41, 5.74) is 4.02. The molecule has 254 valence electrons. The maximum Gasteiger partial charge on any atom is 0.414 e. The number of carbonyl (C=O) groups is 2. The van der Waals surface area contributed by atoms with Gasteiger partial charge in [0.25, 0.3) is 0 Å². The molecule has 0 amide bonds. The van der Waals surface area contributed by atoms with Crippen LogP contribution in [0.4, 0.5) is 17.6 Å². The third-order valence-corrected chi connectivity index (χ3v) is 9.93. The highest BCUT2D eigenvalue weighted by Gasteiger charge is 2.35. The van der Waals surface area contributed by atoms with Gasteiger partial charge in [-0.2, -0.15) is 9.97 Å². The molecule has 0 spiro atoms. The van der Waals surface area contributed by atoms with E-state index < -0.39 is 11.9 Å². The topological polar surface area (TPSA) is 174 Å². The summed E-state index contributed by atoms with van der Waals surface area (Å²) in [6, 6.07) is 2.24. The first-order valence-electron chi connectivity index (χ1n) is 16.3. The minimum atomic E-state index is -1.82. The molecule has 5 heterocycles. The van der Waals surface area contributed by atoms with Crippen LogP contribution in [0.2, 0.25) is 0 Å². The van der Waals surface area contributed by atoms with E-state index in [2.05, 4.69) is 39.5 Å². The number of nitrogens with zero attached hydrogens (tertiary/aromatic N) is 6. The lowest BCUT2D eigenvalue weighted by molar-refractivity contribution is -0.159. The number of aromatic nitrogens is 2. The SMILES string of the molecule is Cc1c(C)c2c(c(C)c1O)CCC(C)(CCN1CCN(c3cc(N4CCCC4)nc(N4CCCC4)n3)CC1)O2.O.O=C(O)C(=O)O. The molecule has 4 aliphatic rings. The van der Waals surface area contributed by atoms with Crippen molar-refractivity contribution in [2.75, 3.05) is 73.6 Å². The van der Waals surface area contributed by atoms with E-state index in [-0.39, 0.29) is 11.1 Å². The number of anilines is 3. The lowest BCUT2D eigenvalue weighted by atomic mass is 9.85. The molecule has 2 aromatic rings. The number of phenols is 1. The van der Waals surface area contributed by atoms with Gasteiger partial charge in [-0.1, -0.05) is 0 Å². The molecule has 13 heteroatoms. The van der Waals surface area contributed by atoms with Crippen molar-refractivity contribution in [2.45, 2.75) is 78.2 Å². The van der Waals surface area contributed by atoms with Crippen LogP contribution in [0.5, 0.6) is 11.5 Å². The number of rotatable bonds is 6. The fourth-order valence-electron chi connectivity index (χ4n) is 6.80. The summed E-state index contributed by atoms with van der Waals surface area (Å²) >= 11 is 0. The molecule has 1 atom stereocenters. The van der Waals surface area contributed by atoms with Crippen molar-refractivity contribution in [2.24, 2.45) is 0 Å². The number of hydrogen-bond acceptors (Lipinski definition) is 10. The molecule has 13 nitrogen and oxygen atoms in total. The Kier molecular flexibility index (Phi) is 11.2. The molecular formula is C33H50N6O7. The van der Waals surface area contributed by atoms with E-state index in [1.807, 2.05) is 13.8 Å². The molecule has 3 fully saturated rings. The van der Waals surface area contributed by atoms with Crippen molar-refractivity contribution in [3.8, 4) is 11.5 Å². The second-order valence-corrected chi connectivity index (χ2v) is 13.0. The number of fused-ring (bicyclic) bond motifs is 1. The molecule has 0 radical (unpaired) electrons. The van der Waals surface area contributed by atoms with Crippen LogP contribution in [-0.2, 0) is 16.0 Å². The molecule has 46 heavy (non-hydrogen) atoms. The molecule has 5 N–H and O–H groups in total. The highest BCUT2D eigenvalue weighted by atomic mass is 16.5. The van der Waals surface area contributed by atoms with Gasteiger partial charge >= 0.3 is 11.9 Å². The number of benzene rings is 1. The lowest BCUT2D eigenvalue weighted by Crippen LogP contribution is -2.49. The summed E-state index contributed by atoms with van der Waals surface area (Å²) < 4.78 is 6.70. The third-order valence-electron chi connectivity index (χ3n) is 9.93. The Morgan fingerprint density at radius 3 is 1.87 bits per heavy atom. The maximum absolute atomic E-state index is 10.5. The van der Waals surface area contributed by atoms with Crippen molar-refractivity contribution in [3.05, 3.63) is 28.3 Å². The first-order valence-corrected chi connectivity index (χ1v) is 16.3. The maximum atomic E-state index is 10.5. The van der Waals surface area contributed by atoms with Crippen LogP contribution < -0.4 is 19.4 Å². The van der Waals surface area contributed by atoms with Gasteiger partial charge in [0.1, 0.15) is 28.7 Å². The summed E-state index contributed by atoms with van der Waals surface area (Å²) in [5, 5.41) is 25.3. The van der Waals surface area contributed by atoms with E-state index in [9.17, 15) is 5.11 Å². The highest BCUT2D eigenvalue weighted by Crippen LogP contribution is 2.44. The average Bonchev–Trinajstić information content (AvgIpc) is 3.78. The molecule has 1 unspecified atom stereocenters. The highest BCUT2D eigenvalue weighted by molar-refractivity contribution is 6.27. The van der Waals surface area contributed by atoms with Gasteiger partial charge in [0.2, 0.25) is 5.95 Å². The van der Waals surface area contributed by atoms with Gasteiger partial charge in [0, 0.05) is 70.5 Å². The van der Waals surface area contributed by atoms with E-state index >= 15 is 0 Å². The Labute approximate surface area is 271 Å². The Hall–Kier alpha value is -3.84. The standard InChI is InChI=1S/C31H46N6O2.C2H2O4.H2O/c1-22-23(2)29-25(24(3)28(22)38)9-10-31(4,39-29)11-16-34-17-19-36(20-18-34)27-21-26(35-12-5-6-13-35)32-30(33-27)37-14-7-8-15-37;3-1(4)2(5)6;/h21,38H,5-20H2,1-4H3;(H,3,4)(H,5,6);1H2. The minimum absolute atomic E-state index is 0. The zero-order valence-electron chi connectivity index (χ0n) is 27.6. The number of hydrogen-bond donors (Lipinski definition) is 3. The number of aromatic hydroxyl groups is 1. The van der Waals surface area contributed by atoms with Crippen LogP contribution in [0.1, 0.15) is 67.7 Å². The zero-order chi connectivity index (χ0) is 32.3. The summed E-state index contributed by atoms with van der Waals surface area (Å²) in [6.07, 6.45) is 7.95. The smallest absolute Gasteiger partial charge is 0.414 e. The van der Waals surface area contributed by atoms with Crippen LogP contribution in [0.25, 0.3) is 0 Å². The van der Waals surface area contributed by atoms with Gasteiger partial charge in [0.15, 0.2) is 0 Å². The fourth-order valence-corrected chi connectivity index (χ4v) is 6.80. The van der Waals surface area contributed by atoms with Gasteiger partial charge in [-0.15, -0.1) is 0 Å². The molecule has 6 rings (SSSR count). The van der Waals surface area contributed by atoms with E-state index in [0.717, 1.165) is 118 Å². The van der Waals surface area contributed by atoms with Crippen LogP contribution in [0, 0.1) is 20.8 Å². The number of ether oxygens (including phenoxy) is 1. The summed E-state index contributed by atoms with van der Waals surface area (Å²) in [6.45, 7) is 17.8. The number of aliphatic carboxylic acids is 2. The quantitative estimate of drug-likeness (QED) is 0.394. The normalized spacial score (nSPS) is 21.2. The summed E-state index contributed by atoms with van der Waals surface area (Å²) in [5.74, 6) is 0.916. The number of piperazine rings is 1. The van der Waals surface area contributed by atoms with Gasteiger partial charge in [0.05, 0.1) is 0 Å². The Bertz CT molecular complexity index is 1360. The van der Waals surface area contributed by atoms with Crippen molar-refractivity contribution in [1.82, 2.24) is 14.9 Å². The zero-order valence-corrected chi connectivity index (χ0v) is 27.6. The van der Waals surface area contributed by atoms with Gasteiger partial charge in [-0.3, -0.25) is 4.90 Å². The summed E-state index contributed by atoms with van der Waals surface area (Å²) in [7, 11) is 0. The van der Waals surface area contributed by atoms with Crippen LogP contribution in [0.3, 0.4) is 0 Å². The third kappa shape index (κ3) is 7.75. The molecule has 1 aromatic heterocycles. The van der Waals surface area contributed by atoms with Crippen LogP contribution >= 0.6 is 0 Å². The molecule has 3 saturated heterocycles. The minimum Gasteiger partial charge on any atom is -0.507 e. The average molecular weight is 643 g/mol. The number of carboxylic acid groups (broad SMARTS) is 2. The predicted octanol–water partition coefficient (Wildman–Crippen LogP) is 2.93. The van der Waals surface area contributed by atoms with Gasteiger partial charge < -0.3 is 40.2 Å². The lowest BCUT2D eigenvalue weighted by Gasteiger charge is -2.41. The molecule has 0 bridgehead atoms. The van der Waals surface area contributed by atoms with Gasteiger partial charge in [-0.25, -0.2) is 9.59 Å². The Morgan fingerprint density at radius 1 is 0.804 bits per heavy atom. The van der Waals surface area contributed by atoms with Crippen molar-refractivity contribution in [3.63, 3.8) is 0 Å². The van der Waals surface area contributed by atoms with E-state index in [0.29, 0.717) is 5.75 Å². The first-order chi connectivity index (χ1) is 21.5. The number of carboxylic acids is 2. The molecule has 0 aliphatic carbocycles. The van der Waals surface area contributed by atoms with Crippen LogP contribution in [0.15, 0.2) is 6.07 Å². The largest absolute Gasteiger partial charge is 0.507 e. The molecular weight excluding hydrogens is 592 g/mol. The molecule has 4 aliphatic heterocycles. The summed E-state index contributed by atoms with van der Waals surface area (Å²) in [4.78, 5) is 38.1. The van der Waals surface area contributed by atoms with E-state index in [1.165, 1.54) is 31.2 Å². The Morgan fingerprint density at radius 2 is 1.33 bits per heavy atom.